The average Bonchev–Trinajstić information content (AvgIpc) is 2.87. The summed E-state index contributed by atoms with van der Waals surface area (Å²) in [6.45, 7) is 0. The molecule has 2 aliphatic rings. The van der Waals surface area contributed by atoms with E-state index in [9.17, 15) is 9.90 Å². The van der Waals surface area contributed by atoms with E-state index >= 15 is 0 Å². The van der Waals surface area contributed by atoms with Crippen LogP contribution in [-0.2, 0) is 0 Å². The molecular formula is C11H16N4O2S. The lowest BCUT2D eigenvalue weighted by molar-refractivity contribution is 0.0491. The molecule has 1 heterocycles. The van der Waals surface area contributed by atoms with Gasteiger partial charge in [-0.2, -0.15) is 8.75 Å². The molecule has 2 saturated carbocycles. The van der Waals surface area contributed by atoms with Crippen LogP contribution in [-0.4, -0.2) is 32.0 Å². The highest BCUT2D eigenvalue weighted by molar-refractivity contribution is 6.99. The number of nitrogens with zero attached hydrogens (tertiary/aromatic N) is 2. The molecule has 4 atom stereocenters. The Hall–Kier alpha value is -1.21. The molecule has 0 aliphatic heterocycles. The van der Waals surface area contributed by atoms with Crippen LogP contribution < -0.4 is 10.6 Å². The number of aliphatic hydroxyl groups is 1. The van der Waals surface area contributed by atoms with Crippen LogP contribution in [0.25, 0.3) is 0 Å². The maximum Gasteiger partial charge on any atom is 0.320 e. The van der Waals surface area contributed by atoms with Crippen LogP contribution >= 0.6 is 11.7 Å². The molecule has 2 bridgehead atoms. The van der Waals surface area contributed by atoms with Gasteiger partial charge in [0.2, 0.25) is 0 Å². The van der Waals surface area contributed by atoms with Crippen molar-refractivity contribution in [2.75, 3.05) is 5.32 Å². The van der Waals surface area contributed by atoms with Gasteiger partial charge in [-0.05, 0) is 37.5 Å². The summed E-state index contributed by atoms with van der Waals surface area (Å²) in [5.41, 5.74) is 0. The lowest BCUT2D eigenvalue weighted by Gasteiger charge is -2.32. The maximum atomic E-state index is 11.7. The van der Waals surface area contributed by atoms with Gasteiger partial charge in [-0.25, -0.2) is 4.79 Å². The Bertz CT molecular complexity index is 411. The van der Waals surface area contributed by atoms with Gasteiger partial charge in [-0.3, -0.25) is 5.32 Å². The van der Waals surface area contributed by atoms with E-state index in [0.717, 1.165) is 37.4 Å². The predicted octanol–water partition coefficient (Wildman–Crippen LogP) is 1.21. The first-order valence-corrected chi connectivity index (χ1v) is 6.98. The summed E-state index contributed by atoms with van der Waals surface area (Å²) in [6.07, 6.45) is 5.29. The van der Waals surface area contributed by atoms with Crippen molar-refractivity contribution < 1.29 is 9.90 Å². The van der Waals surface area contributed by atoms with Crippen molar-refractivity contribution in [3.63, 3.8) is 0 Å². The van der Waals surface area contributed by atoms with Gasteiger partial charge in [0, 0.05) is 6.04 Å². The molecule has 2 unspecified atom stereocenters. The molecule has 6 nitrogen and oxygen atoms in total. The largest absolute Gasteiger partial charge is 0.393 e. The molecule has 2 fully saturated rings. The number of aliphatic hydroxyl groups excluding tert-OH is 1. The third-order valence-corrected chi connectivity index (χ3v) is 4.46. The number of hydrogen-bond donors (Lipinski definition) is 3. The van der Waals surface area contributed by atoms with E-state index in [2.05, 4.69) is 19.4 Å². The SMILES string of the molecule is O=C(Nc1cnsn1)NC1C[C@H]2CC[C@@H](C1)C2O. The highest BCUT2D eigenvalue weighted by atomic mass is 32.1. The zero-order chi connectivity index (χ0) is 12.5. The number of urea groups is 1. The van der Waals surface area contributed by atoms with Gasteiger partial charge in [0.15, 0.2) is 5.82 Å². The first kappa shape index (κ1) is 11.9. The highest BCUT2D eigenvalue weighted by Gasteiger charge is 2.41. The third-order valence-electron chi connectivity index (χ3n) is 3.99. The molecule has 1 aromatic rings. The summed E-state index contributed by atoms with van der Waals surface area (Å²) < 4.78 is 7.74. The van der Waals surface area contributed by atoms with E-state index in [1.165, 1.54) is 6.20 Å². The first-order valence-electron chi connectivity index (χ1n) is 6.25. The van der Waals surface area contributed by atoms with Crippen LogP contribution in [0.5, 0.6) is 0 Å². The van der Waals surface area contributed by atoms with Crippen molar-refractivity contribution in [2.24, 2.45) is 11.8 Å². The van der Waals surface area contributed by atoms with Gasteiger partial charge < -0.3 is 10.4 Å². The smallest absolute Gasteiger partial charge is 0.320 e. The fraction of sp³-hybridized carbons (Fsp3) is 0.727. The molecular weight excluding hydrogens is 252 g/mol. The first-order chi connectivity index (χ1) is 8.72. The minimum Gasteiger partial charge on any atom is -0.393 e. The molecule has 0 radical (unpaired) electrons. The quantitative estimate of drug-likeness (QED) is 0.752. The van der Waals surface area contributed by atoms with Crippen LogP contribution in [0.15, 0.2) is 6.20 Å². The van der Waals surface area contributed by atoms with Crippen molar-refractivity contribution in [1.29, 1.82) is 0 Å². The Kier molecular flexibility index (Phi) is 3.17. The van der Waals surface area contributed by atoms with Crippen LogP contribution in [0, 0.1) is 11.8 Å². The maximum absolute atomic E-state index is 11.7. The number of hydrogen-bond acceptors (Lipinski definition) is 5. The van der Waals surface area contributed by atoms with Crippen LogP contribution in [0.3, 0.4) is 0 Å². The number of rotatable bonds is 2. The van der Waals surface area contributed by atoms with Gasteiger partial charge in [-0.1, -0.05) is 0 Å². The Morgan fingerprint density at radius 3 is 2.72 bits per heavy atom. The second kappa shape index (κ2) is 4.81. The second-order valence-electron chi connectivity index (χ2n) is 5.15. The molecule has 2 aliphatic carbocycles. The Morgan fingerprint density at radius 1 is 1.39 bits per heavy atom. The molecule has 0 spiro atoms. The van der Waals surface area contributed by atoms with E-state index in [1.54, 1.807) is 0 Å². The van der Waals surface area contributed by atoms with E-state index < -0.39 is 0 Å². The number of fused-ring (bicyclic) bond motifs is 2. The second-order valence-corrected chi connectivity index (χ2v) is 5.70. The van der Waals surface area contributed by atoms with Crippen molar-refractivity contribution in [1.82, 2.24) is 14.1 Å². The molecule has 98 valence electrons. The van der Waals surface area contributed by atoms with Crippen molar-refractivity contribution >= 4 is 23.6 Å². The Labute approximate surface area is 109 Å². The fourth-order valence-electron chi connectivity index (χ4n) is 3.17. The molecule has 7 heteroatoms. The topological polar surface area (TPSA) is 87.1 Å². The van der Waals surface area contributed by atoms with Crippen molar-refractivity contribution in [3.8, 4) is 0 Å². The number of aromatic nitrogens is 2. The Morgan fingerprint density at radius 2 is 2.11 bits per heavy atom. The normalized spacial score (nSPS) is 34.3. The summed E-state index contributed by atoms with van der Waals surface area (Å²) >= 11 is 1.06. The van der Waals surface area contributed by atoms with Gasteiger partial charge in [-0.15, -0.1) is 0 Å². The van der Waals surface area contributed by atoms with Crippen LogP contribution in [0.2, 0.25) is 0 Å². The molecule has 0 aromatic carbocycles. The summed E-state index contributed by atoms with van der Waals surface area (Å²) in [6, 6.07) is -0.0685. The standard InChI is InChI=1S/C11H16N4O2S/c16-10-6-1-2-7(10)4-8(3-6)13-11(17)14-9-5-12-18-15-9/h5-8,10,16H,1-4H2,(H2,13,14,15,17)/t6-,7+,8?,10?. The number of amides is 2. The van der Waals surface area contributed by atoms with E-state index in [0.29, 0.717) is 17.7 Å². The van der Waals surface area contributed by atoms with Gasteiger partial charge in [0.05, 0.1) is 24.0 Å². The van der Waals surface area contributed by atoms with Gasteiger partial charge in [0.1, 0.15) is 0 Å². The van der Waals surface area contributed by atoms with Crippen molar-refractivity contribution in [2.45, 2.75) is 37.8 Å². The Balaban J connectivity index is 1.53. The molecule has 3 rings (SSSR count). The number of carbonyl (C=O) groups is 1. The van der Waals surface area contributed by atoms with Gasteiger partial charge in [0.25, 0.3) is 0 Å². The number of nitrogens with one attached hydrogen (secondary N) is 2. The van der Waals surface area contributed by atoms with Crippen LogP contribution in [0.1, 0.15) is 25.7 Å². The summed E-state index contributed by atoms with van der Waals surface area (Å²) in [7, 11) is 0. The predicted molar refractivity (Wildman–Crippen MR) is 67.3 cm³/mol. The highest BCUT2D eigenvalue weighted by Crippen LogP contribution is 2.42. The summed E-state index contributed by atoms with van der Waals surface area (Å²) in [4.78, 5) is 11.7. The minimum absolute atomic E-state index is 0.158. The zero-order valence-corrected chi connectivity index (χ0v) is 10.7. The molecule has 18 heavy (non-hydrogen) atoms. The molecule has 1 aromatic heterocycles. The van der Waals surface area contributed by atoms with E-state index in [-0.39, 0.29) is 18.2 Å². The molecule has 2 amide bonds. The number of carbonyl (C=O) groups excluding carboxylic acids is 1. The monoisotopic (exact) mass is 268 g/mol. The average molecular weight is 268 g/mol. The lowest BCUT2D eigenvalue weighted by atomic mass is 9.83. The molecule has 3 N–H and O–H groups in total. The zero-order valence-electron chi connectivity index (χ0n) is 9.87. The fourth-order valence-corrected chi connectivity index (χ4v) is 3.55. The van der Waals surface area contributed by atoms with E-state index in [1.807, 2.05) is 0 Å². The minimum atomic E-state index is -0.233. The summed E-state index contributed by atoms with van der Waals surface area (Å²) in [5.74, 6) is 1.20. The van der Waals surface area contributed by atoms with Crippen molar-refractivity contribution in [3.05, 3.63) is 6.20 Å². The molecule has 0 saturated heterocycles. The number of anilines is 1. The summed E-state index contributed by atoms with van der Waals surface area (Å²) in [5, 5.41) is 15.5. The van der Waals surface area contributed by atoms with Crippen LogP contribution in [0.4, 0.5) is 10.6 Å². The van der Waals surface area contributed by atoms with Gasteiger partial charge >= 0.3 is 6.03 Å². The lowest BCUT2D eigenvalue weighted by Crippen LogP contribution is -2.45. The third kappa shape index (κ3) is 2.32. The van der Waals surface area contributed by atoms with E-state index in [4.69, 9.17) is 0 Å².